The summed E-state index contributed by atoms with van der Waals surface area (Å²) in [7, 11) is 0. The van der Waals surface area contributed by atoms with Crippen molar-refractivity contribution in [3.8, 4) is 0 Å². The van der Waals surface area contributed by atoms with Crippen molar-refractivity contribution in [1.29, 1.82) is 0 Å². The number of urea groups is 1. The third-order valence-corrected chi connectivity index (χ3v) is 4.31. The van der Waals surface area contributed by atoms with Crippen molar-refractivity contribution in [2.24, 2.45) is 0 Å². The van der Waals surface area contributed by atoms with Crippen LogP contribution >= 0.6 is 0 Å². The number of nitrogens with zero attached hydrogens (tertiary/aromatic N) is 3. The van der Waals surface area contributed by atoms with Crippen LogP contribution in [-0.2, 0) is 6.54 Å². The average molecular weight is 376 g/mol. The van der Waals surface area contributed by atoms with Crippen molar-refractivity contribution in [2.45, 2.75) is 25.4 Å². The molecule has 8 nitrogen and oxygen atoms in total. The van der Waals surface area contributed by atoms with E-state index in [-0.39, 0.29) is 11.9 Å². The maximum Gasteiger partial charge on any atom is 0.319 e. The molecule has 1 aromatic heterocycles. The molecule has 28 heavy (non-hydrogen) atoms. The van der Waals surface area contributed by atoms with Gasteiger partial charge in [-0.1, -0.05) is 12.1 Å². The minimum atomic E-state index is -0.219. The smallest absolute Gasteiger partial charge is 0.319 e. The quantitative estimate of drug-likeness (QED) is 0.616. The van der Waals surface area contributed by atoms with E-state index in [4.69, 9.17) is 0 Å². The molecule has 1 heterocycles. The Balaban J connectivity index is 1.35. The van der Waals surface area contributed by atoms with Gasteiger partial charge in [-0.15, -0.1) is 0 Å². The highest BCUT2D eigenvalue weighted by atomic mass is 16.2. The molecule has 8 heteroatoms. The summed E-state index contributed by atoms with van der Waals surface area (Å²) in [6.45, 7) is 0.576. The Hall–Kier alpha value is -3.68. The summed E-state index contributed by atoms with van der Waals surface area (Å²) in [5.74, 6) is -0.216. The number of carbonyl (C=O) groups excluding carboxylic acids is 2. The zero-order chi connectivity index (χ0) is 19.3. The zero-order valence-corrected chi connectivity index (χ0v) is 15.1. The predicted octanol–water partition coefficient (Wildman–Crippen LogP) is 2.86. The number of anilines is 2. The maximum absolute atomic E-state index is 12.5. The molecule has 142 valence electrons. The summed E-state index contributed by atoms with van der Waals surface area (Å²) < 4.78 is 1.71. The van der Waals surface area contributed by atoms with E-state index in [0.717, 1.165) is 18.4 Å². The van der Waals surface area contributed by atoms with E-state index < -0.39 is 0 Å². The van der Waals surface area contributed by atoms with Crippen molar-refractivity contribution in [2.75, 3.05) is 10.6 Å². The van der Waals surface area contributed by atoms with E-state index in [2.05, 4.69) is 26.0 Å². The molecule has 0 radical (unpaired) electrons. The third kappa shape index (κ3) is 4.73. The lowest BCUT2D eigenvalue weighted by Crippen LogP contribution is -2.30. The predicted molar refractivity (Wildman–Crippen MR) is 105 cm³/mol. The van der Waals surface area contributed by atoms with Gasteiger partial charge in [0.15, 0.2) is 0 Å². The molecule has 0 unspecified atom stereocenters. The van der Waals surface area contributed by atoms with E-state index >= 15 is 0 Å². The summed E-state index contributed by atoms with van der Waals surface area (Å²) in [4.78, 5) is 28.2. The number of amides is 3. The molecule has 0 bridgehead atoms. The molecule has 2 aromatic carbocycles. The fraction of sp³-hybridized carbons (Fsp3) is 0.200. The van der Waals surface area contributed by atoms with Crippen LogP contribution in [0, 0.1) is 0 Å². The molecule has 3 amide bonds. The number of nitrogens with one attached hydrogen (secondary N) is 3. The van der Waals surface area contributed by atoms with Gasteiger partial charge in [-0.25, -0.2) is 14.5 Å². The van der Waals surface area contributed by atoms with E-state index in [0.29, 0.717) is 29.5 Å². The molecule has 0 spiro atoms. The van der Waals surface area contributed by atoms with Gasteiger partial charge in [0.2, 0.25) is 0 Å². The molecule has 0 aliphatic heterocycles. The minimum absolute atomic E-state index is 0.216. The third-order valence-electron chi connectivity index (χ3n) is 4.31. The number of benzene rings is 2. The van der Waals surface area contributed by atoms with Gasteiger partial charge >= 0.3 is 6.03 Å². The maximum atomic E-state index is 12.5. The van der Waals surface area contributed by atoms with Crippen LogP contribution in [0.3, 0.4) is 0 Å². The first-order valence-corrected chi connectivity index (χ1v) is 9.06. The summed E-state index contributed by atoms with van der Waals surface area (Å²) in [6.07, 6.45) is 5.20. The monoisotopic (exact) mass is 376 g/mol. The standard InChI is InChI=1S/C20H20N6O2/c27-19(15-4-6-16(7-5-15)24-20(28)25-17-8-9-17)23-18-3-1-2-14(10-18)11-26-13-21-12-22-26/h1-7,10,12-13,17H,8-9,11H2,(H,23,27)(H2,24,25,28). The van der Waals surface area contributed by atoms with Crippen LogP contribution in [0.25, 0.3) is 0 Å². The Morgan fingerprint density at radius 1 is 1.04 bits per heavy atom. The molecule has 1 fully saturated rings. The van der Waals surface area contributed by atoms with E-state index in [1.54, 1.807) is 35.3 Å². The second-order valence-corrected chi connectivity index (χ2v) is 6.70. The van der Waals surface area contributed by atoms with Crippen LogP contribution in [0.2, 0.25) is 0 Å². The van der Waals surface area contributed by atoms with Gasteiger partial charge in [0.1, 0.15) is 12.7 Å². The van der Waals surface area contributed by atoms with Gasteiger partial charge < -0.3 is 16.0 Å². The second-order valence-electron chi connectivity index (χ2n) is 6.70. The lowest BCUT2D eigenvalue weighted by molar-refractivity contribution is 0.102. The Kier molecular flexibility index (Phi) is 5.01. The Morgan fingerprint density at radius 3 is 2.57 bits per heavy atom. The van der Waals surface area contributed by atoms with Crippen molar-refractivity contribution in [3.63, 3.8) is 0 Å². The first-order chi connectivity index (χ1) is 13.7. The minimum Gasteiger partial charge on any atom is -0.335 e. The van der Waals surface area contributed by atoms with Crippen LogP contribution in [0.4, 0.5) is 16.2 Å². The Bertz CT molecular complexity index is 965. The van der Waals surface area contributed by atoms with E-state index in [1.807, 2.05) is 24.3 Å². The topological polar surface area (TPSA) is 101 Å². The molecule has 1 saturated carbocycles. The largest absolute Gasteiger partial charge is 0.335 e. The van der Waals surface area contributed by atoms with Crippen molar-refractivity contribution in [1.82, 2.24) is 20.1 Å². The number of hydrogen-bond donors (Lipinski definition) is 3. The first kappa shape index (κ1) is 17.7. The van der Waals surface area contributed by atoms with Crippen molar-refractivity contribution >= 4 is 23.3 Å². The summed E-state index contributed by atoms with van der Waals surface area (Å²) in [5.41, 5.74) is 2.86. The number of carbonyl (C=O) groups is 2. The van der Waals surface area contributed by atoms with Gasteiger partial charge in [-0.3, -0.25) is 4.79 Å². The molecule has 3 N–H and O–H groups in total. The van der Waals surface area contributed by atoms with Gasteiger partial charge in [-0.05, 0) is 54.8 Å². The van der Waals surface area contributed by atoms with Gasteiger partial charge in [0.05, 0.1) is 6.54 Å². The average Bonchev–Trinajstić information content (AvgIpc) is 3.34. The summed E-state index contributed by atoms with van der Waals surface area (Å²) in [5, 5.41) is 12.6. The van der Waals surface area contributed by atoms with E-state index in [1.165, 1.54) is 6.33 Å². The Labute approximate surface area is 162 Å². The highest BCUT2D eigenvalue weighted by molar-refractivity contribution is 6.04. The number of hydrogen-bond acceptors (Lipinski definition) is 4. The summed E-state index contributed by atoms with van der Waals surface area (Å²) >= 11 is 0. The molecule has 4 rings (SSSR count). The molecule has 3 aromatic rings. The van der Waals surface area contributed by atoms with Gasteiger partial charge in [0.25, 0.3) is 5.91 Å². The molecule has 1 aliphatic carbocycles. The normalized spacial score (nSPS) is 13.0. The SMILES string of the molecule is O=C(Nc1ccc(C(=O)Nc2cccc(Cn3cncn3)c2)cc1)NC1CC1. The fourth-order valence-corrected chi connectivity index (χ4v) is 2.74. The van der Waals surface area contributed by atoms with Crippen molar-refractivity contribution < 1.29 is 9.59 Å². The highest BCUT2D eigenvalue weighted by Gasteiger charge is 2.23. The molecule has 0 atom stereocenters. The van der Waals surface area contributed by atoms with E-state index in [9.17, 15) is 9.59 Å². The summed E-state index contributed by atoms with van der Waals surface area (Å²) in [6, 6.07) is 14.4. The van der Waals surface area contributed by atoms with Crippen molar-refractivity contribution in [3.05, 3.63) is 72.3 Å². The molecular formula is C20H20N6O2. The lowest BCUT2D eigenvalue weighted by Gasteiger charge is -2.09. The first-order valence-electron chi connectivity index (χ1n) is 9.06. The Morgan fingerprint density at radius 2 is 1.86 bits per heavy atom. The van der Waals surface area contributed by atoms with Crippen LogP contribution in [0.1, 0.15) is 28.8 Å². The number of rotatable bonds is 6. The highest BCUT2D eigenvalue weighted by Crippen LogP contribution is 2.19. The zero-order valence-electron chi connectivity index (χ0n) is 15.1. The second kappa shape index (κ2) is 7.91. The molecule has 1 aliphatic rings. The lowest BCUT2D eigenvalue weighted by atomic mass is 10.1. The van der Waals surface area contributed by atoms with Crippen LogP contribution in [-0.4, -0.2) is 32.7 Å². The number of aromatic nitrogens is 3. The molecular weight excluding hydrogens is 356 g/mol. The van der Waals surface area contributed by atoms with Crippen LogP contribution in [0.5, 0.6) is 0 Å². The molecule has 0 saturated heterocycles. The fourth-order valence-electron chi connectivity index (χ4n) is 2.74. The van der Waals surface area contributed by atoms with Crippen LogP contribution < -0.4 is 16.0 Å². The van der Waals surface area contributed by atoms with Gasteiger partial charge in [-0.2, -0.15) is 5.10 Å². The van der Waals surface area contributed by atoms with Gasteiger partial charge in [0, 0.05) is 23.0 Å². The van der Waals surface area contributed by atoms with Crippen LogP contribution in [0.15, 0.2) is 61.2 Å².